The molecule has 0 bridgehead atoms. The van der Waals surface area contributed by atoms with Crippen molar-refractivity contribution in [2.24, 2.45) is 0 Å². The van der Waals surface area contributed by atoms with Gasteiger partial charge in [-0.25, -0.2) is 0 Å². The lowest BCUT2D eigenvalue weighted by Crippen LogP contribution is -2.04. The van der Waals surface area contributed by atoms with Gasteiger partial charge in [-0.3, -0.25) is 0 Å². The van der Waals surface area contributed by atoms with Crippen molar-refractivity contribution in [3.05, 3.63) is 50.9 Å². The Morgan fingerprint density at radius 2 is 1.45 bits per heavy atom. The van der Waals surface area contributed by atoms with Gasteiger partial charge in [-0.2, -0.15) is 13.2 Å². The molecule has 0 radical (unpaired) electrons. The van der Waals surface area contributed by atoms with E-state index in [-0.39, 0.29) is 0 Å². The molecule has 0 spiro atoms. The Bertz CT molecular complexity index is 639. The van der Waals surface area contributed by atoms with Crippen LogP contribution in [0.25, 0.3) is 11.1 Å². The fraction of sp³-hybridized carbons (Fsp3) is 0.143. The minimum atomic E-state index is -4.37. The molecular weight excluding hydrogens is 401 g/mol. The van der Waals surface area contributed by atoms with Gasteiger partial charge >= 0.3 is 6.18 Å². The van der Waals surface area contributed by atoms with Crippen LogP contribution in [-0.4, -0.2) is 7.11 Å². The van der Waals surface area contributed by atoms with E-state index in [0.717, 1.165) is 12.1 Å². The number of ether oxygens (including phenoxy) is 1. The van der Waals surface area contributed by atoms with Crippen molar-refractivity contribution in [2.75, 3.05) is 7.11 Å². The molecule has 0 atom stereocenters. The topological polar surface area (TPSA) is 9.23 Å². The summed E-state index contributed by atoms with van der Waals surface area (Å²) < 4.78 is 44.8. The van der Waals surface area contributed by atoms with Crippen LogP contribution in [0.4, 0.5) is 13.2 Å². The second kappa shape index (κ2) is 5.77. The predicted molar refractivity (Wildman–Crippen MR) is 78.8 cm³/mol. The monoisotopic (exact) mass is 408 g/mol. The largest absolute Gasteiger partial charge is 0.497 e. The first kappa shape index (κ1) is 15.4. The highest BCUT2D eigenvalue weighted by Gasteiger charge is 2.31. The van der Waals surface area contributed by atoms with Crippen molar-refractivity contribution < 1.29 is 17.9 Å². The smallest absolute Gasteiger partial charge is 0.416 e. The normalized spacial score (nSPS) is 11.5. The molecule has 0 unspecified atom stereocenters. The van der Waals surface area contributed by atoms with Crippen molar-refractivity contribution in [1.29, 1.82) is 0 Å². The number of methoxy groups -OCH3 is 1. The van der Waals surface area contributed by atoms with Gasteiger partial charge in [0.2, 0.25) is 0 Å². The van der Waals surface area contributed by atoms with Crippen LogP contribution in [0.5, 0.6) is 5.75 Å². The van der Waals surface area contributed by atoms with Gasteiger partial charge in [0, 0.05) is 14.5 Å². The van der Waals surface area contributed by atoms with Gasteiger partial charge < -0.3 is 4.74 Å². The Hall–Kier alpha value is -1.01. The third kappa shape index (κ3) is 3.17. The van der Waals surface area contributed by atoms with Crippen molar-refractivity contribution in [2.45, 2.75) is 6.18 Å². The zero-order chi connectivity index (χ0) is 14.9. The lowest BCUT2D eigenvalue weighted by atomic mass is 10.0. The molecule has 0 saturated heterocycles. The molecule has 0 fully saturated rings. The number of rotatable bonds is 2. The van der Waals surface area contributed by atoms with Crippen molar-refractivity contribution >= 4 is 31.9 Å². The third-order valence-electron chi connectivity index (χ3n) is 2.76. The van der Waals surface area contributed by atoms with Gasteiger partial charge in [0.25, 0.3) is 0 Å². The van der Waals surface area contributed by atoms with E-state index in [1.165, 1.54) is 13.2 Å². The third-order valence-corrected chi connectivity index (χ3v) is 4.14. The van der Waals surface area contributed by atoms with Crippen LogP contribution >= 0.6 is 31.9 Å². The van der Waals surface area contributed by atoms with E-state index in [1.54, 1.807) is 18.2 Å². The molecule has 2 aromatic rings. The standard InChI is InChI=1S/C14H9Br2F3O/c1-20-9-3-5-13(16)11(7-9)10-6-8(14(17,18)19)2-4-12(10)15/h2-7H,1H3. The molecular formula is C14H9Br2F3O. The summed E-state index contributed by atoms with van der Waals surface area (Å²) in [5, 5.41) is 0. The summed E-state index contributed by atoms with van der Waals surface area (Å²) >= 11 is 6.63. The highest BCUT2D eigenvalue weighted by molar-refractivity contribution is 9.11. The summed E-state index contributed by atoms with van der Waals surface area (Å²) in [5.41, 5.74) is 0.387. The summed E-state index contributed by atoms with van der Waals surface area (Å²) in [7, 11) is 1.51. The van der Waals surface area contributed by atoms with Gasteiger partial charge in [0.05, 0.1) is 12.7 Å². The van der Waals surface area contributed by atoms with Crippen LogP contribution in [-0.2, 0) is 6.18 Å². The highest BCUT2D eigenvalue weighted by Crippen LogP contribution is 2.39. The summed E-state index contributed by atoms with van der Waals surface area (Å²) in [5.74, 6) is 0.576. The summed E-state index contributed by atoms with van der Waals surface area (Å²) in [6.45, 7) is 0. The van der Waals surface area contributed by atoms with E-state index in [4.69, 9.17) is 4.74 Å². The van der Waals surface area contributed by atoms with Gasteiger partial charge in [-0.1, -0.05) is 31.9 Å². The van der Waals surface area contributed by atoms with Crippen LogP contribution in [0.2, 0.25) is 0 Å². The molecule has 0 amide bonds. The zero-order valence-electron chi connectivity index (χ0n) is 10.3. The van der Waals surface area contributed by atoms with Gasteiger partial charge in [-0.05, 0) is 42.0 Å². The minimum absolute atomic E-state index is 0.450. The molecule has 0 heterocycles. The van der Waals surface area contributed by atoms with E-state index in [9.17, 15) is 13.2 Å². The number of hydrogen-bond acceptors (Lipinski definition) is 1. The maximum absolute atomic E-state index is 12.8. The molecule has 106 valence electrons. The van der Waals surface area contributed by atoms with Gasteiger partial charge in [-0.15, -0.1) is 0 Å². The molecule has 0 N–H and O–H groups in total. The molecule has 0 aromatic heterocycles. The fourth-order valence-corrected chi connectivity index (χ4v) is 2.67. The lowest BCUT2D eigenvalue weighted by Gasteiger charge is -2.13. The number of halogens is 5. The summed E-state index contributed by atoms with van der Waals surface area (Å²) in [6.07, 6.45) is -4.37. The van der Waals surface area contributed by atoms with E-state index >= 15 is 0 Å². The van der Waals surface area contributed by atoms with Crippen molar-refractivity contribution in [3.63, 3.8) is 0 Å². The predicted octanol–water partition coefficient (Wildman–Crippen LogP) is 5.91. The van der Waals surface area contributed by atoms with Crippen molar-refractivity contribution in [1.82, 2.24) is 0 Å². The van der Waals surface area contributed by atoms with Crippen LogP contribution in [0.1, 0.15) is 5.56 Å². The Morgan fingerprint density at radius 1 is 0.900 bits per heavy atom. The Balaban J connectivity index is 2.63. The SMILES string of the molecule is COc1ccc(Br)c(-c2cc(C(F)(F)F)ccc2Br)c1. The number of hydrogen-bond donors (Lipinski definition) is 0. The van der Waals surface area contributed by atoms with E-state index in [2.05, 4.69) is 31.9 Å². The van der Waals surface area contributed by atoms with E-state index < -0.39 is 11.7 Å². The van der Waals surface area contributed by atoms with Crippen molar-refractivity contribution in [3.8, 4) is 16.9 Å². The molecule has 2 rings (SSSR count). The summed E-state index contributed by atoms with van der Waals surface area (Å²) in [6, 6.07) is 8.70. The maximum atomic E-state index is 12.8. The molecule has 0 saturated carbocycles. The molecule has 0 aliphatic carbocycles. The number of benzene rings is 2. The minimum Gasteiger partial charge on any atom is -0.497 e. The Labute approximate surface area is 131 Å². The molecule has 0 aliphatic heterocycles. The average molecular weight is 410 g/mol. The van der Waals surface area contributed by atoms with E-state index in [0.29, 0.717) is 25.8 Å². The Morgan fingerprint density at radius 3 is 2.00 bits per heavy atom. The first-order valence-corrected chi connectivity index (χ1v) is 7.12. The Kier molecular flexibility index (Phi) is 4.44. The molecule has 6 heteroatoms. The lowest BCUT2D eigenvalue weighted by molar-refractivity contribution is -0.137. The average Bonchev–Trinajstić information content (AvgIpc) is 2.39. The molecule has 20 heavy (non-hydrogen) atoms. The first-order chi connectivity index (χ1) is 9.32. The molecule has 2 aromatic carbocycles. The molecule has 0 aliphatic rings. The van der Waals surface area contributed by atoms with Gasteiger partial charge in [0.1, 0.15) is 5.75 Å². The van der Waals surface area contributed by atoms with Crippen LogP contribution in [0, 0.1) is 0 Å². The highest BCUT2D eigenvalue weighted by atomic mass is 79.9. The zero-order valence-corrected chi connectivity index (χ0v) is 13.4. The summed E-state index contributed by atoms with van der Waals surface area (Å²) in [4.78, 5) is 0. The maximum Gasteiger partial charge on any atom is 0.416 e. The fourth-order valence-electron chi connectivity index (χ4n) is 1.75. The second-order valence-corrected chi connectivity index (χ2v) is 5.75. The molecule has 1 nitrogen and oxygen atoms in total. The van der Waals surface area contributed by atoms with Crippen LogP contribution in [0.15, 0.2) is 45.3 Å². The van der Waals surface area contributed by atoms with E-state index in [1.807, 2.05) is 0 Å². The van der Waals surface area contributed by atoms with Crippen LogP contribution < -0.4 is 4.74 Å². The van der Waals surface area contributed by atoms with Gasteiger partial charge in [0.15, 0.2) is 0 Å². The van der Waals surface area contributed by atoms with Crippen LogP contribution in [0.3, 0.4) is 0 Å². The number of alkyl halides is 3. The quantitative estimate of drug-likeness (QED) is 0.599. The first-order valence-electron chi connectivity index (χ1n) is 5.53. The second-order valence-electron chi connectivity index (χ2n) is 4.04.